The number of aliphatic hydroxyl groups is 2. The van der Waals surface area contributed by atoms with Gasteiger partial charge >= 0.3 is 0 Å². The number of benzene rings is 2. The van der Waals surface area contributed by atoms with E-state index in [4.69, 9.17) is 11.6 Å². The Morgan fingerprint density at radius 3 is 2.29 bits per heavy atom. The molecule has 2 aromatic carbocycles. The van der Waals surface area contributed by atoms with E-state index in [-0.39, 0.29) is 30.1 Å². The van der Waals surface area contributed by atoms with Crippen LogP contribution in [0.1, 0.15) is 21.5 Å². The number of rotatable bonds is 9. The van der Waals surface area contributed by atoms with E-state index in [0.717, 1.165) is 11.1 Å². The topological polar surface area (TPSA) is 96.9 Å². The maximum Gasteiger partial charge on any atom is 0.259 e. The first kappa shape index (κ1) is 23.0. The number of aromatic amines is 1. The number of H-pyrrole nitrogens is 1. The second-order valence-electron chi connectivity index (χ2n) is 7.42. The summed E-state index contributed by atoms with van der Waals surface area (Å²) in [6, 6.07) is 12.6. The number of nitrogens with one attached hydrogen (secondary N) is 1. The van der Waals surface area contributed by atoms with Crippen molar-refractivity contribution in [2.75, 3.05) is 33.4 Å². The molecule has 31 heavy (non-hydrogen) atoms. The van der Waals surface area contributed by atoms with Crippen molar-refractivity contribution < 1.29 is 15.0 Å². The molecule has 1 aromatic heterocycles. The lowest BCUT2D eigenvalue weighted by atomic mass is 10.1. The van der Waals surface area contributed by atoms with Crippen LogP contribution in [0.3, 0.4) is 0 Å². The highest BCUT2D eigenvalue weighted by Crippen LogP contribution is 2.15. The quantitative estimate of drug-likeness (QED) is 0.471. The predicted molar refractivity (Wildman–Crippen MR) is 121 cm³/mol. The van der Waals surface area contributed by atoms with Crippen LogP contribution >= 0.6 is 11.6 Å². The number of pyridine rings is 1. The van der Waals surface area contributed by atoms with E-state index >= 15 is 0 Å². The highest BCUT2D eigenvalue weighted by molar-refractivity contribution is 6.30. The number of nitrogens with zero attached hydrogens (tertiary/aromatic N) is 2. The highest BCUT2D eigenvalue weighted by Gasteiger charge is 2.18. The van der Waals surface area contributed by atoms with Gasteiger partial charge in [-0.15, -0.1) is 0 Å². The SMILES string of the molecule is CN(Cc1ccc(Cl)cc1)C(=O)c1c[nH]c2ccc(CN(CCO)CCO)cc2c1=O. The van der Waals surface area contributed by atoms with Gasteiger partial charge in [-0.25, -0.2) is 0 Å². The van der Waals surface area contributed by atoms with E-state index in [1.807, 2.05) is 23.1 Å². The number of carbonyl (C=O) groups is 1. The fourth-order valence-electron chi connectivity index (χ4n) is 3.47. The Kier molecular flexibility index (Phi) is 7.81. The number of hydrogen-bond acceptors (Lipinski definition) is 5. The summed E-state index contributed by atoms with van der Waals surface area (Å²) < 4.78 is 0. The molecule has 3 N–H and O–H groups in total. The van der Waals surface area contributed by atoms with E-state index in [1.165, 1.54) is 11.1 Å². The van der Waals surface area contributed by atoms with Crippen molar-refractivity contribution in [3.05, 3.63) is 80.6 Å². The van der Waals surface area contributed by atoms with Gasteiger partial charge in [-0.05, 0) is 35.4 Å². The van der Waals surface area contributed by atoms with Crippen LogP contribution in [-0.4, -0.2) is 64.3 Å². The van der Waals surface area contributed by atoms with Gasteiger partial charge in [0.15, 0.2) is 0 Å². The van der Waals surface area contributed by atoms with Crippen molar-refractivity contribution in [2.24, 2.45) is 0 Å². The van der Waals surface area contributed by atoms with E-state index < -0.39 is 0 Å². The maximum absolute atomic E-state index is 13.1. The van der Waals surface area contributed by atoms with Crippen LogP contribution in [0.15, 0.2) is 53.5 Å². The number of aliphatic hydroxyl groups excluding tert-OH is 2. The smallest absolute Gasteiger partial charge is 0.259 e. The number of carbonyl (C=O) groups excluding carboxylic acids is 1. The molecular weight excluding hydrogens is 418 g/mol. The normalized spacial score (nSPS) is 11.3. The van der Waals surface area contributed by atoms with Crippen molar-refractivity contribution in [1.82, 2.24) is 14.8 Å². The summed E-state index contributed by atoms with van der Waals surface area (Å²) in [4.78, 5) is 32.4. The van der Waals surface area contributed by atoms with Gasteiger partial charge in [0.05, 0.1) is 13.2 Å². The molecule has 8 heteroatoms. The Bertz CT molecular complexity index is 1090. The molecule has 7 nitrogen and oxygen atoms in total. The molecule has 0 fully saturated rings. The highest BCUT2D eigenvalue weighted by atomic mass is 35.5. The number of fused-ring (bicyclic) bond motifs is 1. The zero-order chi connectivity index (χ0) is 22.4. The van der Waals surface area contributed by atoms with Gasteiger partial charge in [0, 0.05) is 55.3 Å². The number of aromatic nitrogens is 1. The largest absolute Gasteiger partial charge is 0.395 e. The van der Waals surface area contributed by atoms with Gasteiger partial charge in [0.25, 0.3) is 5.91 Å². The molecule has 0 atom stereocenters. The number of hydrogen-bond donors (Lipinski definition) is 3. The van der Waals surface area contributed by atoms with Gasteiger partial charge in [0.2, 0.25) is 5.43 Å². The summed E-state index contributed by atoms with van der Waals surface area (Å²) in [6.07, 6.45) is 1.45. The number of amides is 1. The fourth-order valence-corrected chi connectivity index (χ4v) is 3.60. The monoisotopic (exact) mass is 443 g/mol. The Balaban J connectivity index is 1.85. The minimum atomic E-state index is -0.370. The lowest BCUT2D eigenvalue weighted by molar-refractivity contribution is 0.0783. The third-order valence-corrected chi connectivity index (χ3v) is 5.35. The van der Waals surface area contributed by atoms with Crippen LogP contribution in [0, 0.1) is 0 Å². The standard InChI is InChI=1S/C23H26ClN3O4/c1-26(14-16-2-5-18(24)6-3-16)23(31)20-13-25-21-7-4-17(12-19(21)22(20)30)15-27(8-10-28)9-11-29/h2-7,12-13,28-29H,8-11,14-15H2,1H3,(H,25,30). The molecule has 0 unspecified atom stereocenters. The van der Waals surface area contributed by atoms with Crippen LogP contribution in [-0.2, 0) is 13.1 Å². The van der Waals surface area contributed by atoms with Gasteiger partial charge in [-0.3, -0.25) is 14.5 Å². The van der Waals surface area contributed by atoms with Crippen molar-refractivity contribution in [1.29, 1.82) is 0 Å². The lowest BCUT2D eigenvalue weighted by Gasteiger charge is -2.20. The Morgan fingerprint density at radius 2 is 1.65 bits per heavy atom. The van der Waals surface area contributed by atoms with Gasteiger partial charge in [-0.1, -0.05) is 29.8 Å². The Morgan fingerprint density at radius 1 is 1.00 bits per heavy atom. The summed E-state index contributed by atoms with van der Waals surface area (Å²) in [5.41, 5.74) is 2.15. The minimum absolute atomic E-state index is 0.0211. The van der Waals surface area contributed by atoms with Crippen LogP contribution in [0.5, 0.6) is 0 Å². The first-order chi connectivity index (χ1) is 14.9. The van der Waals surface area contributed by atoms with Crippen LogP contribution < -0.4 is 5.43 Å². The molecule has 1 heterocycles. The average molecular weight is 444 g/mol. The molecule has 3 rings (SSSR count). The molecular formula is C23H26ClN3O4. The Hall–Kier alpha value is -2.71. The fraction of sp³-hybridized carbons (Fsp3) is 0.304. The summed E-state index contributed by atoms with van der Waals surface area (Å²) in [7, 11) is 1.65. The molecule has 1 amide bonds. The summed E-state index contributed by atoms with van der Waals surface area (Å²) in [5.74, 6) is -0.370. The zero-order valence-electron chi connectivity index (χ0n) is 17.3. The molecule has 0 aliphatic carbocycles. The molecule has 0 aliphatic rings. The van der Waals surface area contributed by atoms with E-state index in [9.17, 15) is 19.8 Å². The first-order valence-electron chi connectivity index (χ1n) is 10.0. The zero-order valence-corrected chi connectivity index (χ0v) is 18.1. The van der Waals surface area contributed by atoms with Crippen LogP contribution in [0.4, 0.5) is 0 Å². The summed E-state index contributed by atoms with van der Waals surface area (Å²) >= 11 is 5.91. The molecule has 0 spiro atoms. The molecule has 0 aliphatic heterocycles. The van der Waals surface area contributed by atoms with Gasteiger partial charge in [-0.2, -0.15) is 0 Å². The first-order valence-corrected chi connectivity index (χ1v) is 10.4. The van der Waals surface area contributed by atoms with Crippen LogP contribution in [0.25, 0.3) is 10.9 Å². The van der Waals surface area contributed by atoms with Crippen LogP contribution in [0.2, 0.25) is 5.02 Å². The molecule has 0 bridgehead atoms. The number of halogens is 1. The van der Waals surface area contributed by atoms with E-state index in [2.05, 4.69) is 4.98 Å². The molecule has 0 saturated heterocycles. The molecule has 164 valence electrons. The molecule has 3 aromatic rings. The van der Waals surface area contributed by atoms with Crippen molar-refractivity contribution in [3.63, 3.8) is 0 Å². The van der Waals surface area contributed by atoms with Gasteiger partial charge in [0.1, 0.15) is 5.56 Å². The van der Waals surface area contributed by atoms with Gasteiger partial charge < -0.3 is 20.1 Å². The second kappa shape index (κ2) is 10.5. The summed E-state index contributed by atoms with van der Waals surface area (Å²) in [5, 5.41) is 19.4. The third-order valence-electron chi connectivity index (χ3n) is 5.09. The average Bonchev–Trinajstić information content (AvgIpc) is 2.76. The molecule has 0 radical (unpaired) electrons. The van der Waals surface area contributed by atoms with Crippen molar-refractivity contribution >= 4 is 28.4 Å². The summed E-state index contributed by atoms with van der Waals surface area (Å²) in [6.45, 7) is 1.63. The van der Waals surface area contributed by atoms with Crippen molar-refractivity contribution in [3.8, 4) is 0 Å². The lowest BCUT2D eigenvalue weighted by Crippen LogP contribution is -2.31. The Labute approximate surface area is 185 Å². The van der Waals surface area contributed by atoms with E-state index in [1.54, 1.807) is 31.3 Å². The van der Waals surface area contributed by atoms with E-state index in [0.29, 0.717) is 42.1 Å². The maximum atomic E-state index is 13.1. The molecule has 0 saturated carbocycles. The third kappa shape index (κ3) is 5.71. The van der Waals surface area contributed by atoms with Crippen molar-refractivity contribution in [2.45, 2.75) is 13.1 Å². The minimum Gasteiger partial charge on any atom is -0.395 e. The second-order valence-corrected chi connectivity index (χ2v) is 7.86. The predicted octanol–water partition coefficient (Wildman–Crippen LogP) is 2.24.